The molecule has 0 heterocycles. The second-order valence-electron chi connectivity index (χ2n) is 3.23. The lowest BCUT2D eigenvalue weighted by Gasteiger charge is -2.13. The summed E-state index contributed by atoms with van der Waals surface area (Å²) in [6.07, 6.45) is 0. The van der Waals surface area contributed by atoms with E-state index in [2.05, 4.69) is 5.32 Å². The van der Waals surface area contributed by atoms with Gasteiger partial charge in [0, 0.05) is 0 Å². The standard InChI is InChI=1S/C11H15NO4/c13-6-9(7-14)12-11(15)8-16-10-4-2-1-3-5-10/h1-5,9,13-14H,6-8H2,(H,12,15). The van der Waals surface area contributed by atoms with Crippen LogP contribution in [0.4, 0.5) is 0 Å². The highest BCUT2D eigenvalue weighted by atomic mass is 16.5. The van der Waals surface area contributed by atoms with Crippen LogP contribution in [0.3, 0.4) is 0 Å². The van der Waals surface area contributed by atoms with Gasteiger partial charge in [-0.15, -0.1) is 0 Å². The van der Waals surface area contributed by atoms with Crippen LogP contribution in [0.25, 0.3) is 0 Å². The van der Waals surface area contributed by atoms with Gasteiger partial charge in [0.1, 0.15) is 5.75 Å². The van der Waals surface area contributed by atoms with Gasteiger partial charge in [-0.05, 0) is 12.1 Å². The third kappa shape index (κ3) is 4.29. The number of nitrogens with one attached hydrogen (secondary N) is 1. The van der Waals surface area contributed by atoms with Gasteiger partial charge in [0.25, 0.3) is 5.91 Å². The molecule has 0 unspecified atom stereocenters. The maximum Gasteiger partial charge on any atom is 0.258 e. The smallest absolute Gasteiger partial charge is 0.258 e. The van der Waals surface area contributed by atoms with Crippen LogP contribution in [0.15, 0.2) is 30.3 Å². The van der Waals surface area contributed by atoms with Crippen molar-refractivity contribution in [2.75, 3.05) is 19.8 Å². The average molecular weight is 225 g/mol. The second-order valence-corrected chi connectivity index (χ2v) is 3.23. The normalized spacial score (nSPS) is 10.2. The highest BCUT2D eigenvalue weighted by Gasteiger charge is 2.10. The van der Waals surface area contributed by atoms with Gasteiger partial charge in [-0.3, -0.25) is 4.79 Å². The molecule has 0 aliphatic rings. The summed E-state index contributed by atoms with van der Waals surface area (Å²) in [4.78, 5) is 11.3. The van der Waals surface area contributed by atoms with Crippen LogP contribution in [-0.2, 0) is 4.79 Å². The SMILES string of the molecule is O=C(COc1ccccc1)NC(CO)CO. The van der Waals surface area contributed by atoms with Gasteiger partial charge in [-0.1, -0.05) is 18.2 Å². The number of carbonyl (C=O) groups excluding carboxylic acids is 1. The zero-order valence-electron chi connectivity index (χ0n) is 8.80. The molecular formula is C11H15NO4. The predicted molar refractivity (Wildman–Crippen MR) is 58.0 cm³/mol. The Morgan fingerprint density at radius 3 is 2.44 bits per heavy atom. The first kappa shape index (κ1) is 12.5. The average Bonchev–Trinajstić information content (AvgIpc) is 2.34. The van der Waals surface area contributed by atoms with Gasteiger partial charge in [-0.25, -0.2) is 0 Å². The first-order valence-electron chi connectivity index (χ1n) is 4.95. The lowest BCUT2D eigenvalue weighted by atomic mass is 10.3. The number of hydrogen-bond acceptors (Lipinski definition) is 4. The minimum Gasteiger partial charge on any atom is -0.484 e. The van der Waals surface area contributed by atoms with E-state index in [1.54, 1.807) is 24.3 Å². The van der Waals surface area contributed by atoms with Crippen molar-refractivity contribution >= 4 is 5.91 Å². The number of hydrogen-bond donors (Lipinski definition) is 3. The molecule has 0 fully saturated rings. The van der Waals surface area contributed by atoms with Gasteiger partial charge >= 0.3 is 0 Å². The quantitative estimate of drug-likeness (QED) is 0.612. The van der Waals surface area contributed by atoms with Crippen LogP contribution in [0, 0.1) is 0 Å². The highest BCUT2D eigenvalue weighted by Crippen LogP contribution is 2.07. The third-order valence-electron chi connectivity index (χ3n) is 1.92. The number of amides is 1. The highest BCUT2D eigenvalue weighted by molar-refractivity contribution is 5.77. The van der Waals surface area contributed by atoms with E-state index in [4.69, 9.17) is 14.9 Å². The minimum atomic E-state index is -0.633. The van der Waals surface area contributed by atoms with E-state index in [1.165, 1.54) is 0 Å². The largest absolute Gasteiger partial charge is 0.484 e. The Balaban J connectivity index is 2.30. The second kappa shape index (κ2) is 6.81. The molecule has 0 atom stereocenters. The first-order chi connectivity index (χ1) is 7.76. The summed E-state index contributed by atoms with van der Waals surface area (Å²) in [6, 6.07) is 8.30. The number of aliphatic hydroxyl groups excluding tert-OH is 2. The van der Waals surface area contributed by atoms with Gasteiger partial charge in [-0.2, -0.15) is 0 Å². The molecule has 1 amide bonds. The summed E-state index contributed by atoms with van der Waals surface area (Å²) in [7, 11) is 0. The Labute approximate surface area is 93.7 Å². The van der Waals surface area contributed by atoms with Crippen LogP contribution in [0.2, 0.25) is 0 Å². The molecule has 0 spiro atoms. The van der Waals surface area contributed by atoms with Crippen molar-refractivity contribution in [3.8, 4) is 5.75 Å². The maximum atomic E-state index is 11.3. The molecular weight excluding hydrogens is 210 g/mol. The molecule has 0 saturated carbocycles. The van der Waals surface area contributed by atoms with Crippen molar-refractivity contribution < 1.29 is 19.7 Å². The summed E-state index contributed by atoms with van der Waals surface area (Å²) in [5, 5.41) is 19.9. The molecule has 5 heteroatoms. The Morgan fingerprint density at radius 2 is 1.88 bits per heavy atom. The molecule has 88 valence electrons. The van der Waals surface area contributed by atoms with Crippen LogP contribution < -0.4 is 10.1 Å². The summed E-state index contributed by atoms with van der Waals surface area (Å²) in [5.41, 5.74) is 0. The Hall–Kier alpha value is -1.59. The van der Waals surface area contributed by atoms with Crippen molar-refractivity contribution in [3.63, 3.8) is 0 Å². The molecule has 0 saturated heterocycles. The van der Waals surface area contributed by atoms with E-state index >= 15 is 0 Å². The Bertz CT molecular complexity index is 311. The van der Waals surface area contributed by atoms with Crippen molar-refractivity contribution in [1.29, 1.82) is 0 Å². The van der Waals surface area contributed by atoms with E-state index in [1.807, 2.05) is 6.07 Å². The van der Waals surface area contributed by atoms with E-state index in [-0.39, 0.29) is 25.7 Å². The molecule has 1 aromatic carbocycles. The summed E-state index contributed by atoms with van der Waals surface area (Å²) in [6.45, 7) is -0.734. The molecule has 3 N–H and O–H groups in total. The lowest BCUT2D eigenvalue weighted by Crippen LogP contribution is -2.42. The first-order valence-corrected chi connectivity index (χ1v) is 4.95. The van der Waals surface area contributed by atoms with E-state index in [0.717, 1.165) is 0 Å². The number of ether oxygens (including phenoxy) is 1. The number of rotatable bonds is 6. The molecule has 0 radical (unpaired) electrons. The van der Waals surface area contributed by atoms with Gasteiger partial charge < -0.3 is 20.3 Å². The fourth-order valence-corrected chi connectivity index (χ4v) is 1.08. The molecule has 0 bridgehead atoms. The van der Waals surface area contributed by atoms with E-state index < -0.39 is 6.04 Å². The monoisotopic (exact) mass is 225 g/mol. The van der Waals surface area contributed by atoms with E-state index in [9.17, 15) is 4.79 Å². The summed E-state index contributed by atoms with van der Waals surface area (Å²) >= 11 is 0. The van der Waals surface area contributed by atoms with Crippen molar-refractivity contribution in [2.45, 2.75) is 6.04 Å². The zero-order valence-corrected chi connectivity index (χ0v) is 8.80. The van der Waals surface area contributed by atoms with Gasteiger partial charge in [0.05, 0.1) is 19.3 Å². The molecule has 0 aliphatic carbocycles. The zero-order chi connectivity index (χ0) is 11.8. The maximum absolute atomic E-state index is 11.3. The number of benzene rings is 1. The van der Waals surface area contributed by atoms with Crippen molar-refractivity contribution in [2.24, 2.45) is 0 Å². The number of carbonyl (C=O) groups is 1. The fraction of sp³-hybridized carbons (Fsp3) is 0.364. The topological polar surface area (TPSA) is 78.8 Å². The lowest BCUT2D eigenvalue weighted by molar-refractivity contribution is -0.124. The molecule has 0 aliphatic heterocycles. The third-order valence-corrected chi connectivity index (χ3v) is 1.92. The molecule has 16 heavy (non-hydrogen) atoms. The Morgan fingerprint density at radius 1 is 1.25 bits per heavy atom. The molecule has 1 aromatic rings. The minimum absolute atomic E-state index is 0.138. The number of para-hydroxylation sites is 1. The molecule has 1 rings (SSSR count). The van der Waals surface area contributed by atoms with Crippen LogP contribution in [0.1, 0.15) is 0 Å². The predicted octanol–water partition coefficient (Wildman–Crippen LogP) is -0.465. The molecule has 5 nitrogen and oxygen atoms in total. The van der Waals surface area contributed by atoms with Gasteiger partial charge in [0.2, 0.25) is 0 Å². The van der Waals surface area contributed by atoms with Crippen molar-refractivity contribution in [1.82, 2.24) is 5.32 Å². The summed E-state index contributed by atoms with van der Waals surface area (Å²) in [5.74, 6) is 0.221. The Kier molecular flexibility index (Phi) is 5.31. The molecule has 0 aromatic heterocycles. The van der Waals surface area contributed by atoms with Crippen LogP contribution >= 0.6 is 0 Å². The van der Waals surface area contributed by atoms with Gasteiger partial charge in [0.15, 0.2) is 6.61 Å². The van der Waals surface area contributed by atoms with Crippen LogP contribution in [0.5, 0.6) is 5.75 Å². The fourth-order valence-electron chi connectivity index (χ4n) is 1.08. The summed E-state index contributed by atoms with van der Waals surface area (Å²) < 4.78 is 5.18. The number of aliphatic hydroxyl groups is 2. The van der Waals surface area contributed by atoms with Crippen LogP contribution in [-0.4, -0.2) is 42.0 Å². The van der Waals surface area contributed by atoms with E-state index in [0.29, 0.717) is 5.75 Å². The van der Waals surface area contributed by atoms with Crippen molar-refractivity contribution in [3.05, 3.63) is 30.3 Å².